The number of rotatable bonds is 6. The molecule has 0 radical (unpaired) electrons. The van der Waals surface area contributed by atoms with Crippen molar-refractivity contribution in [2.75, 3.05) is 0 Å². The van der Waals surface area contributed by atoms with Crippen LogP contribution in [0.5, 0.6) is 11.6 Å². The molecule has 2 aromatic carbocycles. The number of aromatic nitrogens is 2. The minimum atomic E-state index is -0.732. The van der Waals surface area contributed by atoms with Gasteiger partial charge in [0.15, 0.2) is 0 Å². The molecule has 4 rings (SSSR count). The fourth-order valence-electron chi connectivity index (χ4n) is 3.75. The van der Waals surface area contributed by atoms with Gasteiger partial charge in [0.25, 0.3) is 0 Å². The SMILES string of the molecule is CCCc1[nH]nc2c1C(c1ccc(OCc3cccc(F)c3)cc1)C(C#N)C(=N)O2. The molecule has 1 aromatic heterocycles. The van der Waals surface area contributed by atoms with Gasteiger partial charge in [-0.25, -0.2) is 4.39 Å². The van der Waals surface area contributed by atoms with Crippen LogP contribution in [0.1, 0.15) is 41.6 Å². The van der Waals surface area contributed by atoms with Crippen LogP contribution in [-0.2, 0) is 13.0 Å². The van der Waals surface area contributed by atoms with Gasteiger partial charge in [-0.3, -0.25) is 10.5 Å². The summed E-state index contributed by atoms with van der Waals surface area (Å²) in [6.45, 7) is 2.33. The van der Waals surface area contributed by atoms with Crippen LogP contribution in [0.2, 0.25) is 0 Å². The van der Waals surface area contributed by atoms with Gasteiger partial charge in [-0.05, 0) is 41.8 Å². The molecule has 0 aliphatic carbocycles. The Bertz CT molecular complexity index is 1100. The minimum Gasteiger partial charge on any atom is -0.489 e. The number of hydrogen-bond donors (Lipinski definition) is 2. The van der Waals surface area contributed by atoms with E-state index in [0.717, 1.165) is 35.2 Å². The van der Waals surface area contributed by atoms with Crippen molar-refractivity contribution < 1.29 is 13.9 Å². The van der Waals surface area contributed by atoms with Gasteiger partial charge in [0.2, 0.25) is 11.8 Å². The van der Waals surface area contributed by atoms with Crippen LogP contribution in [0.4, 0.5) is 4.39 Å². The fourth-order valence-corrected chi connectivity index (χ4v) is 3.75. The van der Waals surface area contributed by atoms with E-state index in [2.05, 4.69) is 23.2 Å². The molecule has 0 spiro atoms. The predicted octanol–water partition coefficient (Wildman–Crippen LogP) is 4.72. The predicted molar refractivity (Wildman–Crippen MR) is 109 cm³/mol. The Morgan fingerprint density at radius 3 is 2.77 bits per heavy atom. The molecular formula is C23H21FN4O2. The van der Waals surface area contributed by atoms with E-state index < -0.39 is 5.92 Å². The Morgan fingerprint density at radius 2 is 2.07 bits per heavy atom. The molecule has 0 amide bonds. The first-order chi connectivity index (χ1) is 14.6. The molecule has 0 saturated carbocycles. The Hall–Kier alpha value is -3.66. The molecule has 1 aliphatic rings. The van der Waals surface area contributed by atoms with Crippen LogP contribution in [0.15, 0.2) is 48.5 Å². The molecule has 0 saturated heterocycles. The van der Waals surface area contributed by atoms with E-state index in [1.54, 1.807) is 12.1 Å². The van der Waals surface area contributed by atoms with Gasteiger partial charge in [-0.2, -0.15) is 5.26 Å². The normalized spacial score (nSPS) is 17.7. The van der Waals surface area contributed by atoms with Gasteiger partial charge < -0.3 is 9.47 Å². The van der Waals surface area contributed by atoms with Gasteiger partial charge in [0, 0.05) is 17.2 Å². The molecule has 0 fully saturated rings. The van der Waals surface area contributed by atoms with Crippen LogP contribution in [0.3, 0.4) is 0 Å². The van der Waals surface area contributed by atoms with Crippen molar-refractivity contribution in [2.24, 2.45) is 5.92 Å². The molecule has 2 N–H and O–H groups in total. The number of aromatic amines is 1. The number of fused-ring (bicyclic) bond motifs is 1. The van der Waals surface area contributed by atoms with Crippen molar-refractivity contribution in [3.8, 4) is 17.7 Å². The second kappa shape index (κ2) is 8.37. The van der Waals surface area contributed by atoms with Gasteiger partial charge in [-0.15, -0.1) is 5.10 Å². The van der Waals surface area contributed by atoms with Crippen molar-refractivity contribution in [3.05, 3.63) is 76.7 Å². The van der Waals surface area contributed by atoms with Crippen LogP contribution in [-0.4, -0.2) is 16.1 Å². The third kappa shape index (κ3) is 3.77. The van der Waals surface area contributed by atoms with Crippen LogP contribution in [0.25, 0.3) is 0 Å². The van der Waals surface area contributed by atoms with E-state index in [0.29, 0.717) is 11.6 Å². The number of ether oxygens (including phenoxy) is 2. The van der Waals surface area contributed by atoms with E-state index in [1.807, 2.05) is 24.3 Å². The first-order valence-electron chi connectivity index (χ1n) is 9.81. The number of nitrogens with zero attached hydrogens (tertiary/aromatic N) is 2. The summed E-state index contributed by atoms with van der Waals surface area (Å²) < 4.78 is 24.6. The second-order valence-electron chi connectivity index (χ2n) is 7.21. The maximum absolute atomic E-state index is 13.3. The zero-order valence-corrected chi connectivity index (χ0v) is 16.5. The summed E-state index contributed by atoms with van der Waals surface area (Å²) in [5.41, 5.74) is 3.39. The average molecular weight is 404 g/mol. The van der Waals surface area contributed by atoms with Gasteiger partial charge in [0.05, 0.1) is 6.07 Å². The summed E-state index contributed by atoms with van der Waals surface area (Å²) in [6.07, 6.45) is 1.70. The molecule has 30 heavy (non-hydrogen) atoms. The number of halogens is 1. The van der Waals surface area contributed by atoms with Gasteiger partial charge >= 0.3 is 0 Å². The molecule has 2 unspecified atom stereocenters. The zero-order valence-electron chi connectivity index (χ0n) is 16.5. The maximum Gasteiger partial charge on any atom is 0.243 e. The standard InChI is InChI=1S/C23H21FN4O2/c1-2-4-19-21-20(18(12-25)22(26)30-23(21)28-27-19)15-7-9-17(10-8-15)29-13-14-5-3-6-16(24)11-14/h3,5-11,18,20,26H,2,4,13H2,1H3,(H,27,28). The number of aryl methyl sites for hydroxylation is 1. The molecule has 1 aliphatic heterocycles. The highest BCUT2D eigenvalue weighted by atomic mass is 19.1. The highest BCUT2D eigenvalue weighted by molar-refractivity contribution is 5.84. The lowest BCUT2D eigenvalue weighted by Gasteiger charge is -2.28. The average Bonchev–Trinajstić information content (AvgIpc) is 3.14. The Kier molecular flexibility index (Phi) is 5.48. The topological polar surface area (TPSA) is 94.8 Å². The molecule has 7 heteroatoms. The maximum atomic E-state index is 13.3. The third-order valence-corrected chi connectivity index (χ3v) is 5.15. The van der Waals surface area contributed by atoms with E-state index in [9.17, 15) is 9.65 Å². The summed E-state index contributed by atoms with van der Waals surface area (Å²) in [5, 5.41) is 25.0. The quantitative estimate of drug-likeness (QED) is 0.621. The van der Waals surface area contributed by atoms with Crippen molar-refractivity contribution in [1.82, 2.24) is 10.2 Å². The summed E-state index contributed by atoms with van der Waals surface area (Å²) >= 11 is 0. The number of nitriles is 1. The molecule has 6 nitrogen and oxygen atoms in total. The first kappa shape index (κ1) is 19.6. The lowest BCUT2D eigenvalue weighted by atomic mass is 9.79. The summed E-state index contributed by atoms with van der Waals surface area (Å²) in [4.78, 5) is 0. The van der Waals surface area contributed by atoms with Crippen molar-refractivity contribution in [1.29, 1.82) is 10.7 Å². The highest BCUT2D eigenvalue weighted by Gasteiger charge is 2.40. The third-order valence-electron chi connectivity index (χ3n) is 5.15. The number of nitrogens with one attached hydrogen (secondary N) is 2. The van der Waals surface area contributed by atoms with Crippen molar-refractivity contribution in [3.63, 3.8) is 0 Å². The van der Waals surface area contributed by atoms with E-state index in [1.165, 1.54) is 12.1 Å². The van der Waals surface area contributed by atoms with Gasteiger partial charge in [-0.1, -0.05) is 37.6 Å². The minimum absolute atomic E-state index is 0.101. The summed E-state index contributed by atoms with van der Waals surface area (Å²) in [6, 6.07) is 15.9. The Labute approximate surface area is 173 Å². The highest BCUT2D eigenvalue weighted by Crippen LogP contribution is 2.43. The zero-order chi connectivity index (χ0) is 21.1. The molecule has 2 atom stereocenters. The lowest BCUT2D eigenvalue weighted by Crippen LogP contribution is -2.31. The molecule has 3 aromatic rings. The monoisotopic (exact) mass is 404 g/mol. The van der Waals surface area contributed by atoms with E-state index in [4.69, 9.17) is 14.9 Å². The lowest BCUT2D eigenvalue weighted by molar-refractivity contribution is 0.305. The van der Waals surface area contributed by atoms with Crippen LogP contribution >= 0.6 is 0 Å². The Balaban J connectivity index is 1.60. The Morgan fingerprint density at radius 1 is 1.27 bits per heavy atom. The number of hydrogen-bond acceptors (Lipinski definition) is 5. The van der Waals surface area contributed by atoms with E-state index in [-0.39, 0.29) is 24.2 Å². The number of H-pyrrole nitrogens is 1. The van der Waals surface area contributed by atoms with Crippen molar-refractivity contribution >= 4 is 5.90 Å². The molecule has 0 bridgehead atoms. The molecule has 152 valence electrons. The van der Waals surface area contributed by atoms with Gasteiger partial charge in [0.1, 0.15) is 24.1 Å². The van der Waals surface area contributed by atoms with Crippen LogP contribution < -0.4 is 9.47 Å². The van der Waals surface area contributed by atoms with Crippen molar-refractivity contribution in [2.45, 2.75) is 32.3 Å². The molecule has 2 heterocycles. The van der Waals surface area contributed by atoms with E-state index >= 15 is 0 Å². The summed E-state index contributed by atoms with van der Waals surface area (Å²) in [7, 11) is 0. The largest absolute Gasteiger partial charge is 0.489 e. The molecular weight excluding hydrogens is 383 g/mol. The second-order valence-corrected chi connectivity index (χ2v) is 7.21. The summed E-state index contributed by atoms with van der Waals surface area (Å²) in [5.74, 6) is -0.467. The first-order valence-corrected chi connectivity index (χ1v) is 9.81. The smallest absolute Gasteiger partial charge is 0.243 e. The van der Waals surface area contributed by atoms with Crippen LogP contribution in [0, 0.1) is 28.5 Å². The fraction of sp³-hybridized carbons (Fsp3) is 0.261. The number of benzene rings is 2.